The first-order chi connectivity index (χ1) is 6.84. The van der Waals surface area contributed by atoms with Crippen molar-refractivity contribution in [3.8, 4) is 0 Å². The molecule has 2 nitrogen and oxygen atoms in total. The highest BCUT2D eigenvalue weighted by Crippen LogP contribution is 2.38. The van der Waals surface area contributed by atoms with Gasteiger partial charge in [-0.2, -0.15) is 0 Å². The topological polar surface area (TPSA) is 29.1 Å². The number of hydrogen-bond acceptors (Lipinski definition) is 3. The molecule has 3 rings (SSSR count). The Balaban J connectivity index is 1.88. The fraction of sp³-hybridized carbons (Fsp3) is 0.545. The summed E-state index contributed by atoms with van der Waals surface area (Å²) in [6, 6.07) is 0.466. The number of allylic oxidation sites excluding steroid dienone is 2. The Morgan fingerprint density at radius 1 is 1.50 bits per heavy atom. The number of piperidine rings is 1. The lowest BCUT2D eigenvalue weighted by molar-refractivity contribution is -0.122. The molecule has 1 N–H and O–H groups in total. The molecule has 3 atom stereocenters. The van der Waals surface area contributed by atoms with Crippen LogP contribution >= 0.6 is 11.8 Å². The van der Waals surface area contributed by atoms with Crippen molar-refractivity contribution in [2.45, 2.75) is 30.6 Å². The Hall–Kier alpha value is -0.700. The van der Waals surface area contributed by atoms with Gasteiger partial charge in [0.05, 0.1) is 12.0 Å². The van der Waals surface area contributed by atoms with Gasteiger partial charge in [0.15, 0.2) is 0 Å². The van der Waals surface area contributed by atoms with E-state index in [2.05, 4.69) is 22.9 Å². The molecule has 0 aromatic heterocycles. The van der Waals surface area contributed by atoms with Gasteiger partial charge in [0.25, 0.3) is 0 Å². The lowest BCUT2D eigenvalue weighted by Gasteiger charge is -2.36. The van der Waals surface area contributed by atoms with E-state index in [1.807, 2.05) is 11.8 Å². The van der Waals surface area contributed by atoms with Crippen molar-refractivity contribution < 1.29 is 4.79 Å². The van der Waals surface area contributed by atoms with Crippen LogP contribution in [0.2, 0.25) is 0 Å². The average Bonchev–Trinajstić information content (AvgIpc) is 2.62. The SMILES string of the molecule is O=C1CCC=C2NC3C=CSC3CC12. The van der Waals surface area contributed by atoms with Crippen LogP contribution in [0.4, 0.5) is 0 Å². The molecule has 0 spiro atoms. The zero-order chi connectivity index (χ0) is 9.54. The van der Waals surface area contributed by atoms with E-state index in [-0.39, 0.29) is 5.92 Å². The zero-order valence-electron chi connectivity index (χ0n) is 7.90. The molecule has 3 aliphatic rings. The lowest BCUT2D eigenvalue weighted by Crippen LogP contribution is -2.46. The number of carbonyl (C=O) groups excluding carboxylic acids is 1. The fourth-order valence-electron chi connectivity index (χ4n) is 2.49. The van der Waals surface area contributed by atoms with Gasteiger partial charge >= 0.3 is 0 Å². The summed E-state index contributed by atoms with van der Waals surface area (Å²) in [6.07, 6.45) is 7.11. The number of Topliss-reactive ketones (excluding diaryl/α,β-unsaturated/α-hetero) is 1. The number of rotatable bonds is 0. The van der Waals surface area contributed by atoms with Crippen molar-refractivity contribution in [2.24, 2.45) is 5.92 Å². The molecule has 0 aromatic carbocycles. The van der Waals surface area contributed by atoms with E-state index >= 15 is 0 Å². The van der Waals surface area contributed by atoms with Crippen molar-refractivity contribution in [2.75, 3.05) is 0 Å². The molecule has 74 valence electrons. The second kappa shape index (κ2) is 3.16. The molecular weight excluding hydrogens is 194 g/mol. The molecule has 0 saturated carbocycles. The molecule has 1 fully saturated rings. The molecule has 1 saturated heterocycles. The molecule has 0 bridgehead atoms. The molecule has 3 unspecified atom stereocenters. The maximum Gasteiger partial charge on any atom is 0.142 e. The summed E-state index contributed by atoms with van der Waals surface area (Å²) in [4.78, 5) is 11.7. The second-order valence-electron chi connectivity index (χ2n) is 4.13. The Kier molecular flexibility index (Phi) is 1.94. The van der Waals surface area contributed by atoms with E-state index in [0.29, 0.717) is 17.1 Å². The Morgan fingerprint density at radius 2 is 2.43 bits per heavy atom. The van der Waals surface area contributed by atoms with Crippen LogP contribution in [-0.4, -0.2) is 17.1 Å². The summed E-state index contributed by atoms with van der Waals surface area (Å²) >= 11 is 1.86. The second-order valence-corrected chi connectivity index (χ2v) is 5.28. The first-order valence-electron chi connectivity index (χ1n) is 5.16. The summed E-state index contributed by atoms with van der Waals surface area (Å²) in [7, 11) is 0. The van der Waals surface area contributed by atoms with Gasteiger partial charge in [-0.15, -0.1) is 11.8 Å². The van der Waals surface area contributed by atoms with Gasteiger partial charge in [0, 0.05) is 17.4 Å². The number of fused-ring (bicyclic) bond motifs is 2. The van der Waals surface area contributed by atoms with E-state index in [1.54, 1.807) is 0 Å². The Bertz CT molecular complexity index is 334. The zero-order valence-corrected chi connectivity index (χ0v) is 8.72. The van der Waals surface area contributed by atoms with Gasteiger partial charge in [0.2, 0.25) is 0 Å². The van der Waals surface area contributed by atoms with Crippen molar-refractivity contribution in [3.05, 3.63) is 23.3 Å². The van der Waals surface area contributed by atoms with Gasteiger partial charge < -0.3 is 5.32 Å². The number of hydrogen-bond donors (Lipinski definition) is 1. The molecular formula is C11H13NOS. The van der Waals surface area contributed by atoms with Crippen LogP contribution in [0, 0.1) is 5.92 Å². The standard InChI is InChI=1S/C11H13NOS/c13-10-3-1-2-8-7(10)6-11-9(12-8)4-5-14-11/h2,4-5,7,9,11-12H,1,3,6H2. The molecule has 0 amide bonds. The monoisotopic (exact) mass is 207 g/mol. The van der Waals surface area contributed by atoms with Gasteiger partial charge in [-0.1, -0.05) is 12.2 Å². The first kappa shape index (κ1) is 8.60. The predicted molar refractivity (Wildman–Crippen MR) is 57.9 cm³/mol. The summed E-state index contributed by atoms with van der Waals surface area (Å²) in [6.45, 7) is 0. The van der Waals surface area contributed by atoms with Crippen LogP contribution in [-0.2, 0) is 4.79 Å². The number of thioether (sulfide) groups is 1. The van der Waals surface area contributed by atoms with Crippen molar-refractivity contribution >= 4 is 17.5 Å². The maximum atomic E-state index is 11.7. The van der Waals surface area contributed by atoms with Crippen LogP contribution in [0.15, 0.2) is 23.3 Å². The van der Waals surface area contributed by atoms with Crippen LogP contribution < -0.4 is 5.32 Å². The number of nitrogens with one attached hydrogen (secondary N) is 1. The van der Waals surface area contributed by atoms with Gasteiger partial charge in [-0.25, -0.2) is 0 Å². The highest BCUT2D eigenvalue weighted by molar-refractivity contribution is 8.03. The minimum absolute atomic E-state index is 0.178. The summed E-state index contributed by atoms with van der Waals surface area (Å²) in [5.41, 5.74) is 1.19. The van der Waals surface area contributed by atoms with E-state index in [4.69, 9.17) is 0 Å². The summed E-state index contributed by atoms with van der Waals surface area (Å²) in [5.74, 6) is 0.610. The van der Waals surface area contributed by atoms with Gasteiger partial charge in [-0.3, -0.25) is 4.79 Å². The molecule has 2 aliphatic heterocycles. The minimum atomic E-state index is 0.178. The third kappa shape index (κ3) is 1.22. The highest BCUT2D eigenvalue weighted by atomic mass is 32.2. The summed E-state index contributed by atoms with van der Waals surface area (Å²) < 4.78 is 0. The predicted octanol–water partition coefficient (Wildman–Crippen LogP) is 1.84. The van der Waals surface area contributed by atoms with Crippen LogP contribution in [0.25, 0.3) is 0 Å². The van der Waals surface area contributed by atoms with Crippen molar-refractivity contribution in [3.63, 3.8) is 0 Å². The lowest BCUT2D eigenvalue weighted by atomic mass is 9.82. The van der Waals surface area contributed by atoms with E-state index in [9.17, 15) is 4.79 Å². The van der Waals surface area contributed by atoms with Crippen molar-refractivity contribution in [1.29, 1.82) is 0 Å². The smallest absolute Gasteiger partial charge is 0.142 e. The number of ketones is 1. The molecule has 1 aliphatic carbocycles. The third-order valence-corrected chi connectivity index (χ3v) is 4.41. The van der Waals surface area contributed by atoms with Crippen molar-refractivity contribution in [1.82, 2.24) is 5.32 Å². The minimum Gasteiger partial charge on any atom is -0.381 e. The largest absolute Gasteiger partial charge is 0.381 e. The molecule has 3 heteroatoms. The average molecular weight is 207 g/mol. The van der Waals surface area contributed by atoms with E-state index < -0.39 is 0 Å². The Morgan fingerprint density at radius 3 is 3.36 bits per heavy atom. The first-order valence-corrected chi connectivity index (χ1v) is 6.10. The van der Waals surface area contributed by atoms with Crippen LogP contribution in [0.1, 0.15) is 19.3 Å². The molecule has 14 heavy (non-hydrogen) atoms. The highest BCUT2D eigenvalue weighted by Gasteiger charge is 2.38. The summed E-state index contributed by atoms with van der Waals surface area (Å²) in [5, 5.41) is 6.22. The molecule has 0 radical (unpaired) electrons. The normalized spacial score (nSPS) is 39.9. The van der Waals surface area contributed by atoms with E-state index in [1.165, 1.54) is 5.70 Å². The number of carbonyl (C=O) groups is 1. The fourth-order valence-corrected chi connectivity index (χ4v) is 3.58. The molecule has 0 aromatic rings. The van der Waals surface area contributed by atoms with Crippen LogP contribution in [0.5, 0.6) is 0 Å². The van der Waals surface area contributed by atoms with Gasteiger partial charge in [0.1, 0.15) is 5.78 Å². The third-order valence-electron chi connectivity index (χ3n) is 3.26. The van der Waals surface area contributed by atoms with E-state index in [0.717, 1.165) is 19.3 Å². The maximum absolute atomic E-state index is 11.7. The Labute approximate surface area is 87.8 Å². The quantitative estimate of drug-likeness (QED) is 0.657. The van der Waals surface area contributed by atoms with Gasteiger partial charge in [-0.05, 0) is 18.2 Å². The van der Waals surface area contributed by atoms with Crippen LogP contribution in [0.3, 0.4) is 0 Å². The molecule has 2 heterocycles.